The summed E-state index contributed by atoms with van der Waals surface area (Å²) in [6.45, 7) is 1.34. The van der Waals surface area contributed by atoms with Gasteiger partial charge in [0.05, 0.1) is 9.58 Å². The third-order valence-electron chi connectivity index (χ3n) is 4.13. The van der Waals surface area contributed by atoms with E-state index < -0.39 is 0 Å². The van der Waals surface area contributed by atoms with Crippen LogP contribution in [0.2, 0.25) is 0 Å². The van der Waals surface area contributed by atoms with Crippen LogP contribution in [0.4, 0.5) is 0 Å². The number of aromatic nitrogens is 1. The summed E-state index contributed by atoms with van der Waals surface area (Å²) >= 11 is 1.58. The van der Waals surface area contributed by atoms with Gasteiger partial charge in [-0.05, 0) is 25.3 Å². The molecule has 21 heavy (non-hydrogen) atoms. The van der Waals surface area contributed by atoms with Gasteiger partial charge in [-0.2, -0.15) is 0 Å². The second-order valence-electron chi connectivity index (χ2n) is 5.68. The fourth-order valence-corrected chi connectivity index (χ4v) is 3.98. The van der Waals surface area contributed by atoms with Crippen LogP contribution in [0.1, 0.15) is 47.8 Å². The van der Waals surface area contributed by atoms with Gasteiger partial charge < -0.3 is 14.6 Å². The van der Waals surface area contributed by atoms with Crippen LogP contribution in [0.15, 0.2) is 18.5 Å². The second kappa shape index (κ2) is 6.62. The summed E-state index contributed by atoms with van der Waals surface area (Å²) < 4.78 is 8.53. The van der Waals surface area contributed by atoms with Crippen molar-refractivity contribution in [1.82, 2.24) is 9.88 Å². The summed E-state index contributed by atoms with van der Waals surface area (Å²) in [4.78, 5) is 12.9. The zero-order valence-electron chi connectivity index (χ0n) is 12.4. The average molecular weight is 306 g/mol. The average Bonchev–Trinajstić information content (AvgIpc) is 3.16. The highest BCUT2D eigenvalue weighted by Crippen LogP contribution is 2.34. The minimum atomic E-state index is 0.0275. The number of hydrogen-bond acceptors (Lipinski definition) is 3. The maximum Gasteiger partial charge on any atom is 0.261 e. The first-order valence-corrected chi connectivity index (χ1v) is 8.48. The number of amides is 1. The standard InChI is InChI=1S/C16H22N2O2S/c1-20-8-4-7-17-16(19)14-9-12-10-18(11-15(12)21-14)13-5-2-3-6-13/h9-11,13H,2-8H2,1H3,(H,17,19). The highest BCUT2D eigenvalue weighted by molar-refractivity contribution is 7.20. The molecule has 0 aromatic carbocycles. The molecule has 1 aliphatic rings. The first kappa shape index (κ1) is 14.6. The van der Waals surface area contributed by atoms with Crippen molar-refractivity contribution < 1.29 is 9.53 Å². The van der Waals surface area contributed by atoms with E-state index in [1.807, 2.05) is 6.07 Å². The maximum atomic E-state index is 12.1. The molecule has 2 aromatic rings. The predicted octanol–water partition coefficient (Wildman–Crippen LogP) is 3.58. The van der Waals surface area contributed by atoms with E-state index in [1.54, 1.807) is 18.4 Å². The summed E-state index contributed by atoms with van der Waals surface area (Å²) in [5, 5.41) is 4.13. The largest absolute Gasteiger partial charge is 0.385 e. The molecule has 0 unspecified atom stereocenters. The number of ether oxygens (including phenoxy) is 1. The molecule has 1 amide bonds. The Balaban J connectivity index is 1.64. The van der Waals surface area contributed by atoms with Crippen LogP contribution in [-0.2, 0) is 4.74 Å². The van der Waals surface area contributed by atoms with Crippen LogP contribution < -0.4 is 5.32 Å². The molecule has 0 radical (unpaired) electrons. The van der Waals surface area contributed by atoms with E-state index in [9.17, 15) is 4.79 Å². The molecule has 0 spiro atoms. The van der Waals surface area contributed by atoms with Crippen LogP contribution in [0.5, 0.6) is 0 Å². The van der Waals surface area contributed by atoms with Gasteiger partial charge >= 0.3 is 0 Å². The van der Waals surface area contributed by atoms with Gasteiger partial charge in [-0.3, -0.25) is 4.79 Å². The normalized spacial score (nSPS) is 15.9. The lowest BCUT2D eigenvalue weighted by molar-refractivity contribution is 0.0952. The zero-order chi connectivity index (χ0) is 14.7. The number of nitrogens with zero attached hydrogens (tertiary/aromatic N) is 1. The molecule has 1 saturated carbocycles. The van der Waals surface area contributed by atoms with E-state index in [2.05, 4.69) is 22.3 Å². The highest BCUT2D eigenvalue weighted by atomic mass is 32.1. The van der Waals surface area contributed by atoms with Gasteiger partial charge in [-0.25, -0.2) is 0 Å². The van der Waals surface area contributed by atoms with Crippen molar-refractivity contribution in [3.05, 3.63) is 23.3 Å². The quantitative estimate of drug-likeness (QED) is 0.829. The Morgan fingerprint density at radius 3 is 2.95 bits per heavy atom. The lowest BCUT2D eigenvalue weighted by atomic mass is 10.2. The molecule has 2 aromatic heterocycles. The number of hydrogen-bond donors (Lipinski definition) is 1. The topological polar surface area (TPSA) is 43.3 Å². The lowest BCUT2D eigenvalue weighted by Gasteiger charge is -2.10. The van der Waals surface area contributed by atoms with Gasteiger partial charge in [0.25, 0.3) is 5.91 Å². The molecule has 0 bridgehead atoms. The van der Waals surface area contributed by atoms with E-state index in [1.165, 1.54) is 35.8 Å². The van der Waals surface area contributed by atoms with E-state index >= 15 is 0 Å². The van der Waals surface area contributed by atoms with Crippen molar-refractivity contribution in [2.75, 3.05) is 20.3 Å². The number of rotatable bonds is 6. The van der Waals surface area contributed by atoms with E-state index in [0.29, 0.717) is 19.2 Å². The molecule has 5 heteroatoms. The summed E-state index contributed by atoms with van der Waals surface area (Å²) in [6, 6.07) is 2.67. The molecular weight excluding hydrogens is 284 g/mol. The van der Waals surface area contributed by atoms with E-state index in [4.69, 9.17) is 4.74 Å². The summed E-state index contributed by atoms with van der Waals surface area (Å²) in [7, 11) is 1.67. The van der Waals surface area contributed by atoms with Crippen molar-refractivity contribution in [2.24, 2.45) is 0 Å². The Morgan fingerprint density at radius 1 is 1.43 bits per heavy atom. The number of methoxy groups -OCH3 is 1. The Bertz CT molecular complexity index is 579. The molecule has 1 fully saturated rings. The van der Waals surface area contributed by atoms with Crippen molar-refractivity contribution in [3.63, 3.8) is 0 Å². The zero-order valence-corrected chi connectivity index (χ0v) is 13.2. The van der Waals surface area contributed by atoms with Crippen molar-refractivity contribution in [2.45, 2.75) is 38.1 Å². The molecule has 0 saturated heterocycles. The fraction of sp³-hybridized carbons (Fsp3) is 0.562. The van der Waals surface area contributed by atoms with E-state index in [-0.39, 0.29) is 5.91 Å². The third kappa shape index (κ3) is 3.30. The molecule has 1 aliphatic carbocycles. The molecule has 0 aliphatic heterocycles. The van der Waals surface area contributed by atoms with Crippen molar-refractivity contribution in [3.8, 4) is 0 Å². The fourth-order valence-electron chi connectivity index (χ4n) is 2.98. The number of carbonyl (C=O) groups is 1. The Morgan fingerprint density at radius 2 is 2.24 bits per heavy atom. The predicted molar refractivity (Wildman–Crippen MR) is 86.1 cm³/mol. The van der Waals surface area contributed by atoms with Crippen LogP contribution >= 0.6 is 11.3 Å². The number of thiophene rings is 1. The molecule has 3 rings (SSSR count). The van der Waals surface area contributed by atoms with Crippen molar-refractivity contribution >= 4 is 27.3 Å². The third-order valence-corrected chi connectivity index (χ3v) is 5.21. The minimum Gasteiger partial charge on any atom is -0.385 e. The molecule has 1 N–H and O–H groups in total. The monoisotopic (exact) mass is 306 g/mol. The van der Waals surface area contributed by atoms with Crippen LogP contribution in [-0.4, -0.2) is 30.7 Å². The summed E-state index contributed by atoms with van der Waals surface area (Å²) in [5.74, 6) is 0.0275. The first-order chi connectivity index (χ1) is 10.3. The van der Waals surface area contributed by atoms with Gasteiger partial charge in [0, 0.05) is 44.1 Å². The Kier molecular flexibility index (Phi) is 4.60. The number of carbonyl (C=O) groups excluding carboxylic acids is 1. The molecule has 0 atom stereocenters. The molecule has 2 heterocycles. The molecular formula is C16H22N2O2S. The number of fused-ring (bicyclic) bond motifs is 1. The second-order valence-corrected chi connectivity index (χ2v) is 6.76. The Labute approximate surface area is 129 Å². The highest BCUT2D eigenvalue weighted by Gasteiger charge is 2.18. The summed E-state index contributed by atoms with van der Waals surface area (Å²) in [6.07, 6.45) is 10.5. The maximum absolute atomic E-state index is 12.1. The van der Waals surface area contributed by atoms with Gasteiger partial charge in [0.2, 0.25) is 0 Å². The molecule has 4 nitrogen and oxygen atoms in total. The number of nitrogens with one attached hydrogen (secondary N) is 1. The Hall–Kier alpha value is -1.33. The van der Waals surface area contributed by atoms with Gasteiger partial charge in [-0.15, -0.1) is 11.3 Å². The van der Waals surface area contributed by atoms with Crippen molar-refractivity contribution in [1.29, 1.82) is 0 Å². The van der Waals surface area contributed by atoms with Crippen LogP contribution in [0.25, 0.3) is 10.1 Å². The molecule has 114 valence electrons. The van der Waals surface area contributed by atoms with Gasteiger partial charge in [-0.1, -0.05) is 12.8 Å². The lowest BCUT2D eigenvalue weighted by Crippen LogP contribution is -2.24. The first-order valence-electron chi connectivity index (χ1n) is 7.66. The smallest absolute Gasteiger partial charge is 0.261 e. The van der Waals surface area contributed by atoms with Crippen LogP contribution in [0.3, 0.4) is 0 Å². The SMILES string of the molecule is COCCCNC(=O)c1cc2cn(C3CCCC3)cc2s1. The van der Waals surface area contributed by atoms with Crippen LogP contribution in [0, 0.1) is 0 Å². The van der Waals surface area contributed by atoms with E-state index in [0.717, 1.165) is 11.3 Å². The summed E-state index contributed by atoms with van der Waals surface area (Å²) in [5.41, 5.74) is 0. The van der Waals surface area contributed by atoms with Gasteiger partial charge in [0.15, 0.2) is 0 Å². The minimum absolute atomic E-state index is 0.0275. The van der Waals surface area contributed by atoms with Gasteiger partial charge in [0.1, 0.15) is 0 Å².